The van der Waals surface area contributed by atoms with Crippen LogP contribution in [0.2, 0.25) is 0 Å². The zero-order valence-corrected chi connectivity index (χ0v) is 7.83. The molecule has 0 rings (SSSR count). The molecule has 0 amide bonds. The van der Waals surface area contributed by atoms with Gasteiger partial charge < -0.3 is 10.4 Å². The van der Waals surface area contributed by atoms with Crippen LogP contribution in [0.3, 0.4) is 0 Å². The number of hydrogen-bond acceptors (Lipinski definition) is 3. The first-order valence-corrected chi connectivity index (χ1v) is 4.12. The molecule has 0 bridgehead atoms. The van der Waals surface area contributed by atoms with Crippen LogP contribution >= 0.6 is 35.8 Å². The molecule has 0 heterocycles. The average molecular weight is 216 g/mol. The smallest absolute Gasteiger partial charge is 0.326 e. The number of thiol groups is 1. The van der Waals surface area contributed by atoms with Crippen LogP contribution < -0.4 is 5.32 Å². The number of nitrogens with one attached hydrogen (secondary N) is 1. The summed E-state index contributed by atoms with van der Waals surface area (Å²) in [5.74, 6) is -0.868. The maximum Gasteiger partial charge on any atom is 0.326 e. The third-order valence-electron chi connectivity index (χ3n) is 0.889. The van der Waals surface area contributed by atoms with Gasteiger partial charge in [-0.2, -0.15) is 12.6 Å². The van der Waals surface area contributed by atoms with Gasteiger partial charge in [-0.05, 0) is 0 Å². The largest absolute Gasteiger partial charge is 0.480 e. The first kappa shape index (κ1) is 10.9. The van der Waals surface area contributed by atoms with Crippen LogP contribution in [0.1, 0.15) is 0 Å². The summed E-state index contributed by atoms with van der Waals surface area (Å²) in [4.78, 5) is 10.3. The molecule has 2 N–H and O–H groups in total. The van der Waals surface area contributed by atoms with E-state index in [0.29, 0.717) is 0 Å². The Labute approximate surface area is 79.8 Å². The van der Waals surface area contributed by atoms with E-state index in [0.717, 1.165) is 5.54 Å². The van der Waals surface area contributed by atoms with Crippen molar-refractivity contribution in [1.82, 2.24) is 5.32 Å². The molecule has 0 aromatic rings. The van der Waals surface area contributed by atoms with Crippen molar-refractivity contribution in [2.45, 2.75) is 6.04 Å². The molecule has 11 heavy (non-hydrogen) atoms. The van der Waals surface area contributed by atoms with Crippen LogP contribution in [-0.4, -0.2) is 22.9 Å². The molecule has 1 unspecified atom stereocenters. The zero-order chi connectivity index (χ0) is 8.85. The fourth-order valence-corrected chi connectivity index (χ4v) is 0.826. The monoisotopic (exact) mass is 215 g/mol. The van der Waals surface area contributed by atoms with Gasteiger partial charge in [-0.25, -0.2) is 4.79 Å². The van der Waals surface area contributed by atoms with Crippen molar-refractivity contribution in [2.75, 3.05) is 5.75 Å². The molecule has 6 heteroatoms. The first-order valence-electron chi connectivity index (χ1n) is 2.68. The molecule has 0 saturated carbocycles. The van der Waals surface area contributed by atoms with E-state index >= 15 is 0 Å². The molecular weight excluding hydrogens is 209 g/mol. The number of carbonyl (C=O) groups is 1. The number of hydrogen-bond donors (Lipinski definition) is 3. The zero-order valence-electron chi connectivity index (χ0n) is 5.42. The molecule has 1 atom stereocenters. The van der Waals surface area contributed by atoms with Crippen molar-refractivity contribution < 1.29 is 9.90 Å². The lowest BCUT2D eigenvalue weighted by Gasteiger charge is -2.10. The molecule has 0 aliphatic carbocycles. The highest BCUT2D eigenvalue weighted by atomic mass is 35.5. The molecule has 3 nitrogen and oxygen atoms in total. The lowest BCUT2D eigenvalue weighted by Crippen LogP contribution is -2.36. The van der Waals surface area contributed by atoms with Crippen molar-refractivity contribution >= 4 is 41.8 Å². The van der Waals surface area contributed by atoms with E-state index in [1.165, 1.54) is 0 Å². The Balaban J connectivity index is 3.98. The molecule has 0 fully saturated rings. The van der Waals surface area contributed by atoms with Crippen LogP contribution in [0.4, 0.5) is 0 Å². The van der Waals surface area contributed by atoms with E-state index in [1.54, 1.807) is 0 Å². The minimum atomic E-state index is -1.02. The minimum absolute atomic E-state index is 0.0908. The highest BCUT2D eigenvalue weighted by Crippen LogP contribution is 2.01. The molecule has 0 aromatic carbocycles. The third-order valence-corrected chi connectivity index (χ3v) is 1.80. The summed E-state index contributed by atoms with van der Waals surface area (Å²) < 4.78 is 0. The highest BCUT2D eigenvalue weighted by Gasteiger charge is 2.14. The van der Waals surface area contributed by atoms with Gasteiger partial charge in [0.05, 0.1) is 0 Å². The number of halogens is 2. The Morgan fingerprint density at radius 1 is 1.82 bits per heavy atom. The summed E-state index contributed by atoms with van der Waals surface area (Å²) in [6.07, 6.45) is 0. The molecule has 0 aromatic heterocycles. The van der Waals surface area contributed by atoms with Gasteiger partial charge in [0.25, 0.3) is 0 Å². The van der Waals surface area contributed by atoms with Gasteiger partial charge in [-0.1, -0.05) is 23.2 Å². The van der Waals surface area contributed by atoms with Crippen molar-refractivity contribution in [3.63, 3.8) is 0 Å². The van der Waals surface area contributed by atoms with Gasteiger partial charge in [0.15, 0.2) is 0 Å². The second-order valence-electron chi connectivity index (χ2n) is 1.67. The van der Waals surface area contributed by atoms with Crippen molar-refractivity contribution in [3.8, 4) is 0 Å². The lowest BCUT2D eigenvalue weighted by molar-refractivity contribution is -0.138. The standard InChI is InChI=1S/C5H7Cl2NO2S/c6-1-4(7)8-3(2-11)5(9)10/h1,3,8,11H,2H2,(H,9,10). The van der Waals surface area contributed by atoms with Gasteiger partial charge in [0, 0.05) is 11.3 Å². The van der Waals surface area contributed by atoms with E-state index in [4.69, 9.17) is 28.3 Å². The Kier molecular flexibility index (Phi) is 5.54. The SMILES string of the molecule is O=C(O)C(CS)NC(Cl)=CCl. The maximum atomic E-state index is 10.3. The topological polar surface area (TPSA) is 49.3 Å². The maximum absolute atomic E-state index is 10.3. The van der Waals surface area contributed by atoms with E-state index in [9.17, 15) is 4.79 Å². The van der Waals surface area contributed by atoms with Crippen molar-refractivity contribution in [2.24, 2.45) is 0 Å². The van der Waals surface area contributed by atoms with E-state index in [2.05, 4.69) is 17.9 Å². The van der Waals surface area contributed by atoms with E-state index in [-0.39, 0.29) is 10.9 Å². The molecule has 0 saturated heterocycles. The van der Waals surface area contributed by atoms with E-state index in [1.807, 2.05) is 0 Å². The van der Waals surface area contributed by atoms with Crippen molar-refractivity contribution in [1.29, 1.82) is 0 Å². The molecule has 0 spiro atoms. The number of aliphatic carboxylic acids is 1. The van der Waals surface area contributed by atoms with Crippen LogP contribution in [0.15, 0.2) is 10.7 Å². The summed E-state index contributed by atoms with van der Waals surface area (Å²) >= 11 is 14.4. The van der Waals surface area contributed by atoms with Crippen LogP contribution in [0, 0.1) is 0 Å². The molecule has 64 valence electrons. The second-order valence-corrected chi connectivity index (χ2v) is 2.67. The Hall–Kier alpha value is -0.0600. The highest BCUT2D eigenvalue weighted by molar-refractivity contribution is 7.80. The Morgan fingerprint density at radius 3 is 2.64 bits per heavy atom. The van der Waals surface area contributed by atoms with Gasteiger partial charge in [0.1, 0.15) is 11.2 Å². The van der Waals surface area contributed by atoms with Crippen molar-refractivity contribution in [3.05, 3.63) is 10.7 Å². The lowest BCUT2D eigenvalue weighted by atomic mass is 10.3. The van der Waals surface area contributed by atoms with Crippen LogP contribution in [0.5, 0.6) is 0 Å². The predicted molar refractivity (Wildman–Crippen MR) is 48.2 cm³/mol. The molecule has 0 aliphatic heterocycles. The predicted octanol–water partition coefficient (Wildman–Crippen LogP) is 1.24. The Bertz CT molecular complexity index is 174. The summed E-state index contributed by atoms with van der Waals surface area (Å²) in [7, 11) is 0. The van der Waals surface area contributed by atoms with Crippen LogP contribution in [-0.2, 0) is 4.79 Å². The fraction of sp³-hybridized carbons (Fsp3) is 0.400. The molecule has 0 aliphatic rings. The fourth-order valence-electron chi connectivity index (χ4n) is 0.383. The average Bonchev–Trinajstić information content (AvgIpc) is 1.99. The number of carboxylic acids is 1. The van der Waals surface area contributed by atoms with Gasteiger partial charge in [-0.15, -0.1) is 0 Å². The normalized spacial score (nSPS) is 14.3. The Morgan fingerprint density at radius 2 is 2.36 bits per heavy atom. The molecular formula is C5H7Cl2NO2S. The summed E-state index contributed by atoms with van der Waals surface area (Å²) in [5, 5.41) is 11.0. The second kappa shape index (κ2) is 5.57. The third kappa shape index (κ3) is 4.40. The number of carboxylic acid groups (broad SMARTS) is 1. The summed E-state index contributed by atoms with van der Waals surface area (Å²) in [6, 6.07) is -0.805. The summed E-state index contributed by atoms with van der Waals surface area (Å²) in [5.41, 5.74) is 1.06. The minimum Gasteiger partial charge on any atom is -0.480 e. The summed E-state index contributed by atoms with van der Waals surface area (Å²) in [6.45, 7) is 0. The van der Waals surface area contributed by atoms with Gasteiger partial charge in [0.2, 0.25) is 0 Å². The number of rotatable bonds is 4. The van der Waals surface area contributed by atoms with Gasteiger partial charge >= 0.3 is 5.97 Å². The molecule has 0 radical (unpaired) electrons. The van der Waals surface area contributed by atoms with E-state index < -0.39 is 12.0 Å². The van der Waals surface area contributed by atoms with Gasteiger partial charge in [-0.3, -0.25) is 0 Å². The quantitative estimate of drug-likeness (QED) is 0.489. The van der Waals surface area contributed by atoms with Crippen LogP contribution in [0.25, 0.3) is 0 Å². The first-order chi connectivity index (χ1) is 5.11.